The van der Waals surface area contributed by atoms with E-state index in [1.807, 2.05) is 0 Å². The summed E-state index contributed by atoms with van der Waals surface area (Å²) in [6, 6.07) is 4.39. The van der Waals surface area contributed by atoms with Gasteiger partial charge in [-0.3, -0.25) is 0 Å². The molecule has 16 heavy (non-hydrogen) atoms. The summed E-state index contributed by atoms with van der Waals surface area (Å²) in [5.41, 5.74) is 0.148. The van der Waals surface area contributed by atoms with Gasteiger partial charge in [-0.05, 0) is 19.1 Å². The molecule has 0 spiro atoms. The van der Waals surface area contributed by atoms with E-state index < -0.39 is 16.1 Å². The summed E-state index contributed by atoms with van der Waals surface area (Å²) in [7, 11) is -3.66. The second-order valence-electron chi connectivity index (χ2n) is 3.19. The van der Waals surface area contributed by atoms with E-state index in [1.165, 1.54) is 19.1 Å². The molecule has 6 nitrogen and oxygen atoms in total. The Morgan fingerprint density at radius 2 is 2.31 bits per heavy atom. The van der Waals surface area contributed by atoms with E-state index in [-0.39, 0.29) is 17.1 Å². The molecule has 1 atom stereocenters. The molecule has 0 saturated heterocycles. The first kappa shape index (κ1) is 12.6. The van der Waals surface area contributed by atoms with Crippen molar-refractivity contribution < 1.29 is 13.5 Å². The first-order valence-electron chi connectivity index (χ1n) is 4.49. The normalized spacial score (nSPS) is 13.1. The van der Waals surface area contributed by atoms with Gasteiger partial charge in [0.2, 0.25) is 10.0 Å². The van der Waals surface area contributed by atoms with Crippen LogP contribution in [0.2, 0.25) is 0 Å². The Hall–Kier alpha value is -1.49. The minimum atomic E-state index is -3.66. The van der Waals surface area contributed by atoms with Crippen LogP contribution in [0.1, 0.15) is 12.6 Å². The lowest BCUT2D eigenvalue weighted by Gasteiger charge is -2.07. The first-order valence-corrected chi connectivity index (χ1v) is 5.98. The molecule has 1 heterocycles. The van der Waals surface area contributed by atoms with Crippen molar-refractivity contribution in [3.63, 3.8) is 0 Å². The molecular formula is C9H11N3O3S. The number of sulfonamides is 1. The number of nitrogens with one attached hydrogen (secondary N) is 1. The zero-order valence-corrected chi connectivity index (χ0v) is 9.40. The monoisotopic (exact) mass is 241 g/mol. The van der Waals surface area contributed by atoms with Crippen LogP contribution in [0.15, 0.2) is 23.2 Å². The number of nitriles is 1. The lowest BCUT2D eigenvalue weighted by Crippen LogP contribution is -2.30. The van der Waals surface area contributed by atoms with Crippen molar-refractivity contribution in [2.24, 2.45) is 0 Å². The maximum Gasteiger partial charge on any atom is 0.242 e. The molecule has 2 N–H and O–H groups in total. The quantitative estimate of drug-likeness (QED) is 0.747. The van der Waals surface area contributed by atoms with Gasteiger partial charge in [-0.15, -0.1) is 0 Å². The van der Waals surface area contributed by atoms with Crippen LogP contribution in [0.25, 0.3) is 0 Å². The summed E-state index contributed by atoms with van der Waals surface area (Å²) in [5, 5.41) is 17.5. The van der Waals surface area contributed by atoms with Crippen molar-refractivity contribution in [2.75, 3.05) is 6.54 Å². The number of aliphatic hydroxyl groups excluding tert-OH is 1. The fraction of sp³-hybridized carbons (Fsp3) is 0.333. The Morgan fingerprint density at radius 3 is 2.75 bits per heavy atom. The number of rotatable bonds is 4. The number of nitrogens with zero attached hydrogens (tertiary/aromatic N) is 2. The van der Waals surface area contributed by atoms with Crippen LogP contribution in [-0.4, -0.2) is 31.2 Å². The van der Waals surface area contributed by atoms with Crippen LogP contribution in [0.3, 0.4) is 0 Å². The number of pyridine rings is 1. The fourth-order valence-corrected chi connectivity index (χ4v) is 1.98. The van der Waals surface area contributed by atoms with Crippen molar-refractivity contribution in [1.29, 1.82) is 5.26 Å². The fourth-order valence-electron chi connectivity index (χ4n) is 0.919. The molecule has 0 radical (unpaired) electrons. The molecule has 0 aliphatic carbocycles. The van der Waals surface area contributed by atoms with Crippen LogP contribution in [0.4, 0.5) is 0 Å². The van der Waals surface area contributed by atoms with Crippen molar-refractivity contribution in [3.05, 3.63) is 24.0 Å². The minimum Gasteiger partial charge on any atom is -0.392 e. The Kier molecular flexibility index (Phi) is 3.95. The summed E-state index contributed by atoms with van der Waals surface area (Å²) in [6.07, 6.45) is 0.337. The second kappa shape index (κ2) is 5.03. The lowest BCUT2D eigenvalue weighted by atomic mass is 10.4. The predicted octanol–water partition coefficient (Wildman–Crippen LogP) is -0.388. The van der Waals surface area contributed by atoms with Gasteiger partial charge in [-0.2, -0.15) is 5.26 Å². The van der Waals surface area contributed by atoms with Gasteiger partial charge in [0.1, 0.15) is 16.7 Å². The van der Waals surface area contributed by atoms with Gasteiger partial charge >= 0.3 is 0 Å². The van der Waals surface area contributed by atoms with Crippen LogP contribution >= 0.6 is 0 Å². The maximum atomic E-state index is 11.6. The number of hydrogen-bond donors (Lipinski definition) is 2. The highest BCUT2D eigenvalue weighted by Crippen LogP contribution is 2.07. The molecule has 1 unspecified atom stereocenters. The average molecular weight is 241 g/mol. The molecule has 0 amide bonds. The third-order valence-corrected chi connectivity index (χ3v) is 3.14. The molecule has 1 aromatic heterocycles. The Balaban J connectivity index is 2.87. The zero-order chi connectivity index (χ0) is 12.2. The molecule has 0 bridgehead atoms. The molecule has 0 aliphatic rings. The highest BCUT2D eigenvalue weighted by Gasteiger charge is 2.14. The lowest BCUT2D eigenvalue weighted by molar-refractivity contribution is 0.198. The summed E-state index contributed by atoms with van der Waals surface area (Å²) in [6.45, 7) is 1.40. The molecular weight excluding hydrogens is 230 g/mol. The van der Waals surface area contributed by atoms with E-state index in [0.29, 0.717) is 0 Å². The van der Waals surface area contributed by atoms with E-state index >= 15 is 0 Å². The Labute approximate surface area is 93.6 Å². The van der Waals surface area contributed by atoms with Gasteiger partial charge in [0.15, 0.2) is 0 Å². The van der Waals surface area contributed by atoms with E-state index in [1.54, 1.807) is 6.07 Å². The Morgan fingerprint density at radius 1 is 1.62 bits per heavy atom. The largest absolute Gasteiger partial charge is 0.392 e. The van der Waals surface area contributed by atoms with Gasteiger partial charge in [0.05, 0.1) is 6.10 Å². The van der Waals surface area contributed by atoms with E-state index in [4.69, 9.17) is 10.4 Å². The van der Waals surface area contributed by atoms with Crippen molar-refractivity contribution in [1.82, 2.24) is 9.71 Å². The predicted molar refractivity (Wildman–Crippen MR) is 55.8 cm³/mol. The molecule has 0 aromatic carbocycles. The van der Waals surface area contributed by atoms with Crippen molar-refractivity contribution in [2.45, 2.75) is 17.9 Å². The average Bonchev–Trinajstić information content (AvgIpc) is 2.27. The standard InChI is InChI=1S/C9H11N3O3S/c1-7(13)5-12-16(14,15)9-3-2-8(4-10)11-6-9/h2-3,6-7,12-13H,5H2,1H3. The van der Waals surface area contributed by atoms with Gasteiger partial charge in [-0.25, -0.2) is 18.1 Å². The molecule has 7 heteroatoms. The topological polar surface area (TPSA) is 103 Å². The summed E-state index contributed by atoms with van der Waals surface area (Å²) < 4.78 is 25.4. The van der Waals surface area contributed by atoms with Crippen LogP contribution in [-0.2, 0) is 10.0 Å². The SMILES string of the molecule is CC(O)CNS(=O)(=O)c1ccc(C#N)nc1. The van der Waals surface area contributed by atoms with Gasteiger partial charge in [0.25, 0.3) is 0 Å². The van der Waals surface area contributed by atoms with Gasteiger partial charge in [-0.1, -0.05) is 0 Å². The molecule has 0 aliphatic heterocycles. The van der Waals surface area contributed by atoms with Gasteiger partial charge in [0, 0.05) is 12.7 Å². The highest BCUT2D eigenvalue weighted by molar-refractivity contribution is 7.89. The van der Waals surface area contributed by atoms with E-state index in [9.17, 15) is 8.42 Å². The van der Waals surface area contributed by atoms with E-state index in [2.05, 4.69) is 9.71 Å². The third kappa shape index (κ3) is 3.27. The molecule has 0 fully saturated rings. The Bertz CT molecular complexity index is 488. The third-order valence-electron chi connectivity index (χ3n) is 1.73. The number of hydrogen-bond acceptors (Lipinski definition) is 5. The summed E-state index contributed by atoms with van der Waals surface area (Å²) in [4.78, 5) is 3.61. The van der Waals surface area contributed by atoms with E-state index in [0.717, 1.165) is 6.20 Å². The van der Waals surface area contributed by atoms with Crippen molar-refractivity contribution in [3.8, 4) is 6.07 Å². The molecule has 1 rings (SSSR count). The number of aromatic nitrogens is 1. The minimum absolute atomic E-state index is 0.0350. The maximum absolute atomic E-state index is 11.6. The smallest absolute Gasteiger partial charge is 0.242 e. The van der Waals surface area contributed by atoms with Crippen LogP contribution < -0.4 is 4.72 Å². The molecule has 0 saturated carbocycles. The highest BCUT2D eigenvalue weighted by atomic mass is 32.2. The van der Waals surface area contributed by atoms with Crippen LogP contribution in [0.5, 0.6) is 0 Å². The second-order valence-corrected chi connectivity index (χ2v) is 4.96. The zero-order valence-electron chi connectivity index (χ0n) is 8.58. The summed E-state index contributed by atoms with van der Waals surface area (Å²) in [5.74, 6) is 0. The number of aliphatic hydroxyl groups is 1. The van der Waals surface area contributed by atoms with Gasteiger partial charge < -0.3 is 5.11 Å². The first-order chi connectivity index (χ1) is 7.45. The van der Waals surface area contributed by atoms with Crippen LogP contribution in [0, 0.1) is 11.3 Å². The van der Waals surface area contributed by atoms with Crippen molar-refractivity contribution >= 4 is 10.0 Å². The molecule has 86 valence electrons. The summed E-state index contributed by atoms with van der Waals surface area (Å²) >= 11 is 0. The molecule has 1 aromatic rings.